The van der Waals surface area contributed by atoms with Crippen molar-refractivity contribution in [2.75, 3.05) is 13.7 Å². The molecule has 0 rings (SSSR count). The van der Waals surface area contributed by atoms with Crippen LogP contribution in [0.2, 0.25) is 0 Å². The fraction of sp³-hybridized carbons (Fsp3) is 0.895. The Morgan fingerprint density at radius 3 is 1.61 bits per heavy atom. The molecule has 0 saturated carbocycles. The Kier molecular flexibility index (Phi) is 15.1. The molecule has 0 amide bonds. The summed E-state index contributed by atoms with van der Waals surface area (Å²) in [6.45, 7) is 4.85. The van der Waals surface area contributed by atoms with Crippen LogP contribution >= 0.6 is 0 Å². The van der Waals surface area contributed by atoms with Gasteiger partial charge in [-0.3, -0.25) is 9.59 Å². The number of rotatable bonds is 15. The number of carbonyl (C=O) groups is 2. The number of hydrogen-bond donors (Lipinski definition) is 0. The third kappa shape index (κ3) is 14.3. The Bertz CT molecular complexity index is 298. The minimum absolute atomic E-state index is 0.0419. The Hall–Kier alpha value is -1.06. The lowest BCUT2D eigenvalue weighted by Gasteiger charge is -2.12. The highest BCUT2D eigenvalue weighted by molar-refractivity contribution is 5.69. The second-order valence-corrected chi connectivity index (χ2v) is 6.27. The van der Waals surface area contributed by atoms with Crippen LogP contribution in [0.25, 0.3) is 0 Å². The van der Waals surface area contributed by atoms with E-state index in [2.05, 4.69) is 18.6 Å². The molecule has 0 fully saturated rings. The summed E-state index contributed by atoms with van der Waals surface area (Å²) in [6, 6.07) is 0. The Balaban J connectivity index is 3.29. The normalized spacial score (nSPS) is 10.8. The van der Waals surface area contributed by atoms with Gasteiger partial charge in [-0.1, -0.05) is 65.2 Å². The van der Waals surface area contributed by atoms with Gasteiger partial charge in [-0.05, 0) is 18.8 Å². The first-order valence-corrected chi connectivity index (χ1v) is 9.36. The summed E-state index contributed by atoms with van der Waals surface area (Å²) in [6.07, 6.45) is 12.1. The molecule has 4 heteroatoms. The van der Waals surface area contributed by atoms with Gasteiger partial charge in [0.15, 0.2) is 0 Å². The molecule has 0 aliphatic heterocycles. The van der Waals surface area contributed by atoms with Gasteiger partial charge in [0.2, 0.25) is 0 Å². The first kappa shape index (κ1) is 21.9. The Labute approximate surface area is 142 Å². The predicted molar refractivity (Wildman–Crippen MR) is 93.2 cm³/mol. The molecule has 0 bridgehead atoms. The zero-order valence-corrected chi connectivity index (χ0v) is 15.4. The highest BCUT2D eigenvalue weighted by atomic mass is 16.5. The van der Waals surface area contributed by atoms with Gasteiger partial charge in [0, 0.05) is 12.8 Å². The fourth-order valence-electron chi connectivity index (χ4n) is 2.51. The molecular weight excluding hydrogens is 292 g/mol. The van der Waals surface area contributed by atoms with Crippen molar-refractivity contribution in [2.45, 2.75) is 90.9 Å². The third-order valence-electron chi connectivity index (χ3n) is 4.37. The smallest absolute Gasteiger partial charge is 0.305 e. The van der Waals surface area contributed by atoms with E-state index in [1.165, 1.54) is 32.8 Å². The van der Waals surface area contributed by atoms with Crippen LogP contribution in [0.15, 0.2) is 0 Å². The molecule has 0 heterocycles. The summed E-state index contributed by atoms with van der Waals surface area (Å²) < 4.78 is 9.92. The summed E-state index contributed by atoms with van der Waals surface area (Å²) in [5.74, 6) is 0.360. The lowest BCUT2D eigenvalue weighted by Crippen LogP contribution is -2.12. The van der Waals surface area contributed by atoms with E-state index in [0.717, 1.165) is 38.5 Å². The zero-order valence-electron chi connectivity index (χ0n) is 15.4. The van der Waals surface area contributed by atoms with Crippen molar-refractivity contribution in [3.05, 3.63) is 0 Å². The van der Waals surface area contributed by atoms with Crippen molar-refractivity contribution in [3.8, 4) is 0 Å². The lowest BCUT2D eigenvalue weighted by atomic mass is 10.1. The van der Waals surface area contributed by atoms with E-state index in [-0.39, 0.29) is 11.9 Å². The van der Waals surface area contributed by atoms with Crippen LogP contribution in [-0.2, 0) is 19.1 Å². The molecular formula is C19H36O4. The first-order chi connectivity index (χ1) is 11.1. The van der Waals surface area contributed by atoms with Gasteiger partial charge in [-0.25, -0.2) is 0 Å². The lowest BCUT2D eigenvalue weighted by molar-refractivity contribution is -0.145. The maximum Gasteiger partial charge on any atom is 0.305 e. The van der Waals surface area contributed by atoms with Crippen molar-refractivity contribution in [1.82, 2.24) is 0 Å². The van der Waals surface area contributed by atoms with E-state index in [4.69, 9.17) is 4.74 Å². The largest absolute Gasteiger partial charge is 0.469 e. The molecule has 0 aliphatic carbocycles. The zero-order chi connectivity index (χ0) is 17.3. The second-order valence-electron chi connectivity index (χ2n) is 6.27. The quantitative estimate of drug-likeness (QED) is 0.312. The van der Waals surface area contributed by atoms with Crippen molar-refractivity contribution >= 4 is 11.9 Å². The molecule has 0 aromatic rings. The molecule has 136 valence electrons. The van der Waals surface area contributed by atoms with Gasteiger partial charge >= 0.3 is 11.9 Å². The summed E-state index contributed by atoms with van der Waals surface area (Å²) >= 11 is 0. The number of methoxy groups -OCH3 is 1. The predicted octanol–water partition coefficient (Wildman–Crippen LogP) is 5.04. The van der Waals surface area contributed by atoms with Gasteiger partial charge in [-0.15, -0.1) is 0 Å². The molecule has 0 aromatic carbocycles. The van der Waals surface area contributed by atoms with Gasteiger partial charge in [0.1, 0.15) is 0 Å². The molecule has 0 atom stereocenters. The molecule has 4 nitrogen and oxygen atoms in total. The average molecular weight is 328 g/mol. The Morgan fingerprint density at radius 2 is 1.17 bits per heavy atom. The van der Waals surface area contributed by atoms with E-state index in [0.29, 0.717) is 25.4 Å². The minimum atomic E-state index is -0.110. The highest BCUT2D eigenvalue weighted by Gasteiger charge is 2.08. The number of esters is 2. The monoisotopic (exact) mass is 328 g/mol. The van der Waals surface area contributed by atoms with E-state index in [1.807, 2.05) is 0 Å². The number of unbranched alkanes of at least 4 members (excludes halogenated alkanes) is 7. The van der Waals surface area contributed by atoms with Crippen LogP contribution < -0.4 is 0 Å². The van der Waals surface area contributed by atoms with Gasteiger partial charge < -0.3 is 9.47 Å². The van der Waals surface area contributed by atoms with Crippen molar-refractivity contribution < 1.29 is 19.1 Å². The fourth-order valence-corrected chi connectivity index (χ4v) is 2.51. The van der Waals surface area contributed by atoms with Gasteiger partial charge in [-0.2, -0.15) is 0 Å². The molecule has 0 aliphatic rings. The molecule has 0 N–H and O–H groups in total. The van der Waals surface area contributed by atoms with Gasteiger partial charge in [0.25, 0.3) is 0 Å². The molecule has 0 saturated heterocycles. The second kappa shape index (κ2) is 15.8. The SMILES string of the molecule is CCC(CC)COC(=O)CCCCCCCCCCC(=O)OC. The number of hydrogen-bond acceptors (Lipinski definition) is 4. The van der Waals surface area contributed by atoms with Crippen LogP contribution in [0.5, 0.6) is 0 Å². The van der Waals surface area contributed by atoms with Crippen molar-refractivity contribution in [3.63, 3.8) is 0 Å². The van der Waals surface area contributed by atoms with Crippen LogP contribution in [-0.4, -0.2) is 25.7 Å². The Morgan fingerprint density at radius 1 is 0.739 bits per heavy atom. The third-order valence-corrected chi connectivity index (χ3v) is 4.37. The minimum Gasteiger partial charge on any atom is -0.469 e. The van der Waals surface area contributed by atoms with Crippen LogP contribution in [0.1, 0.15) is 90.9 Å². The summed E-state index contributed by atoms with van der Waals surface area (Å²) in [5, 5.41) is 0. The molecule has 0 unspecified atom stereocenters. The molecule has 0 spiro atoms. The van der Waals surface area contributed by atoms with Gasteiger partial charge in [0.05, 0.1) is 13.7 Å². The van der Waals surface area contributed by atoms with E-state index in [1.54, 1.807) is 0 Å². The first-order valence-electron chi connectivity index (χ1n) is 9.36. The maximum absolute atomic E-state index is 11.6. The van der Waals surface area contributed by atoms with Crippen LogP contribution in [0, 0.1) is 5.92 Å². The van der Waals surface area contributed by atoms with Crippen LogP contribution in [0.4, 0.5) is 0 Å². The van der Waals surface area contributed by atoms with E-state index >= 15 is 0 Å². The number of ether oxygens (including phenoxy) is 2. The molecule has 0 aromatic heterocycles. The molecule has 0 radical (unpaired) electrons. The topological polar surface area (TPSA) is 52.6 Å². The van der Waals surface area contributed by atoms with Crippen LogP contribution in [0.3, 0.4) is 0 Å². The van der Waals surface area contributed by atoms with E-state index in [9.17, 15) is 9.59 Å². The number of carbonyl (C=O) groups excluding carboxylic acids is 2. The van der Waals surface area contributed by atoms with E-state index < -0.39 is 0 Å². The molecule has 23 heavy (non-hydrogen) atoms. The van der Waals surface area contributed by atoms with Crippen molar-refractivity contribution in [2.24, 2.45) is 5.92 Å². The van der Waals surface area contributed by atoms with Crippen molar-refractivity contribution in [1.29, 1.82) is 0 Å². The highest BCUT2D eigenvalue weighted by Crippen LogP contribution is 2.12. The summed E-state index contributed by atoms with van der Waals surface area (Å²) in [5.41, 5.74) is 0. The standard InChI is InChI=1S/C19H36O4/c1-4-17(5-2)16-23-19(21)15-13-11-9-7-6-8-10-12-14-18(20)22-3/h17H,4-16H2,1-3H3. The average Bonchev–Trinajstić information content (AvgIpc) is 2.57. The summed E-state index contributed by atoms with van der Waals surface area (Å²) in [4.78, 5) is 22.5. The maximum atomic E-state index is 11.6. The summed E-state index contributed by atoms with van der Waals surface area (Å²) in [7, 11) is 1.43.